The lowest BCUT2D eigenvalue weighted by Gasteiger charge is -2.29. The highest BCUT2D eigenvalue weighted by Crippen LogP contribution is 2.36. The van der Waals surface area contributed by atoms with E-state index < -0.39 is 17.6 Å². The van der Waals surface area contributed by atoms with Gasteiger partial charge in [-0.1, -0.05) is 37.5 Å². The Hall–Kier alpha value is -2.61. The van der Waals surface area contributed by atoms with Gasteiger partial charge in [0, 0.05) is 18.7 Å². The molecule has 8 heteroatoms. The first-order chi connectivity index (χ1) is 14.3. The summed E-state index contributed by atoms with van der Waals surface area (Å²) >= 11 is 5.22. The van der Waals surface area contributed by atoms with Crippen LogP contribution in [0.5, 0.6) is 0 Å². The average molecular weight is 436 g/mol. The van der Waals surface area contributed by atoms with E-state index in [2.05, 4.69) is 15.5 Å². The zero-order valence-corrected chi connectivity index (χ0v) is 17.3. The number of anilines is 2. The quantitative estimate of drug-likeness (QED) is 0.616. The van der Waals surface area contributed by atoms with E-state index in [9.17, 15) is 18.0 Å². The summed E-state index contributed by atoms with van der Waals surface area (Å²) in [4.78, 5) is 14.4. The molecule has 0 unspecified atom stereocenters. The Kier molecular flexibility index (Phi) is 7.31. The lowest BCUT2D eigenvalue weighted by molar-refractivity contribution is -0.137. The molecule has 1 fully saturated rings. The van der Waals surface area contributed by atoms with Gasteiger partial charge in [0.15, 0.2) is 5.11 Å². The third kappa shape index (κ3) is 5.95. The summed E-state index contributed by atoms with van der Waals surface area (Å²) < 4.78 is 39.9. The third-order valence-electron chi connectivity index (χ3n) is 5.03. The predicted octanol–water partition coefficient (Wildman–Crippen LogP) is 5.60. The fourth-order valence-corrected chi connectivity index (χ4v) is 3.70. The fourth-order valence-electron chi connectivity index (χ4n) is 3.49. The van der Waals surface area contributed by atoms with Crippen LogP contribution in [-0.4, -0.2) is 24.1 Å². The molecule has 0 spiro atoms. The molecule has 0 saturated carbocycles. The highest BCUT2D eigenvalue weighted by molar-refractivity contribution is 7.80. The standard InChI is InChI=1S/C22H24F3N3OS/c23-22(24,25)17-11-12-19(28-13-7-2-1-3-8-14-28)18(15-17)26-21(30)27-20(29)16-9-5-4-6-10-16/h4-6,9-12,15H,1-3,7-8,13-14H2,(H2,26,27,29,30). The molecule has 3 rings (SSSR count). The smallest absolute Gasteiger partial charge is 0.370 e. The summed E-state index contributed by atoms with van der Waals surface area (Å²) in [5.74, 6) is -0.423. The molecule has 0 bridgehead atoms. The Labute approximate surface area is 179 Å². The van der Waals surface area contributed by atoms with E-state index in [4.69, 9.17) is 12.2 Å². The first kappa shape index (κ1) is 22.1. The maximum atomic E-state index is 13.3. The number of rotatable bonds is 3. The largest absolute Gasteiger partial charge is 0.416 e. The predicted molar refractivity (Wildman–Crippen MR) is 117 cm³/mol. The van der Waals surface area contributed by atoms with Gasteiger partial charge in [-0.05, 0) is 55.4 Å². The molecular weight excluding hydrogens is 411 g/mol. The SMILES string of the molecule is O=C(NC(=S)Nc1cc(C(F)(F)F)ccc1N1CCCCCCC1)c1ccccc1. The van der Waals surface area contributed by atoms with Gasteiger partial charge in [0.05, 0.1) is 16.9 Å². The van der Waals surface area contributed by atoms with Crippen molar-refractivity contribution in [3.05, 3.63) is 59.7 Å². The first-order valence-electron chi connectivity index (χ1n) is 9.98. The summed E-state index contributed by atoms with van der Waals surface area (Å²) in [5, 5.41) is 5.31. The molecule has 0 aliphatic carbocycles. The second kappa shape index (κ2) is 9.93. The van der Waals surface area contributed by atoms with Crippen molar-refractivity contribution in [2.24, 2.45) is 0 Å². The van der Waals surface area contributed by atoms with Crippen LogP contribution in [0.2, 0.25) is 0 Å². The van der Waals surface area contributed by atoms with Crippen molar-refractivity contribution in [1.82, 2.24) is 5.32 Å². The number of hydrogen-bond acceptors (Lipinski definition) is 3. The Morgan fingerprint density at radius 2 is 1.57 bits per heavy atom. The van der Waals surface area contributed by atoms with E-state index >= 15 is 0 Å². The minimum Gasteiger partial charge on any atom is -0.370 e. The molecule has 30 heavy (non-hydrogen) atoms. The summed E-state index contributed by atoms with van der Waals surface area (Å²) in [6, 6.07) is 12.1. The topological polar surface area (TPSA) is 44.4 Å². The summed E-state index contributed by atoms with van der Waals surface area (Å²) in [6.07, 6.45) is 0.879. The maximum Gasteiger partial charge on any atom is 0.416 e. The van der Waals surface area contributed by atoms with Crippen LogP contribution < -0.4 is 15.5 Å². The van der Waals surface area contributed by atoms with Gasteiger partial charge in [0.25, 0.3) is 5.91 Å². The molecule has 2 aromatic carbocycles. The number of carbonyl (C=O) groups excluding carboxylic acids is 1. The lowest BCUT2D eigenvalue weighted by atomic mass is 10.1. The summed E-state index contributed by atoms with van der Waals surface area (Å²) in [5.41, 5.74) is 0.539. The molecule has 1 saturated heterocycles. The number of nitrogens with one attached hydrogen (secondary N) is 2. The van der Waals surface area contributed by atoms with Crippen molar-refractivity contribution in [3.63, 3.8) is 0 Å². The third-order valence-corrected chi connectivity index (χ3v) is 5.24. The molecule has 160 valence electrons. The molecule has 2 aromatic rings. The van der Waals surface area contributed by atoms with Crippen molar-refractivity contribution in [2.45, 2.75) is 38.3 Å². The first-order valence-corrected chi connectivity index (χ1v) is 10.4. The molecule has 1 amide bonds. The fraction of sp³-hybridized carbons (Fsp3) is 0.364. The number of amides is 1. The Balaban J connectivity index is 1.82. The number of hydrogen-bond donors (Lipinski definition) is 2. The van der Waals surface area contributed by atoms with Crippen LogP contribution in [-0.2, 0) is 6.18 Å². The van der Waals surface area contributed by atoms with E-state index in [0.717, 1.165) is 50.9 Å². The highest BCUT2D eigenvalue weighted by Gasteiger charge is 2.31. The van der Waals surface area contributed by atoms with Gasteiger partial charge >= 0.3 is 6.18 Å². The monoisotopic (exact) mass is 435 g/mol. The maximum absolute atomic E-state index is 13.3. The van der Waals surface area contributed by atoms with Crippen LogP contribution >= 0.6 is 12.2 Å². The normalized spacial score (nSPS) is 15.1. The van der Waals surface area contributed by atoms with Gasteiger partial charge in [0.1, 0.15) is 0 Å². The number of nitrogens with zero attached hydrogens (tertiary/aromatic N) is 1. The van der Waals surface area contributed by atoms with Crippen molar-refractivity contribution < 1.29 is 18.0 Å². The van der Waals surface area contributed by atoms with E-state index in [-0.39, 0.29) is 10.8 Å². The second-order valence-electron chi connectivity index (χ2n) is 7.26. The van der Waals surface area contributed by atoms with Crippen LogP contribution in [0.25, 0.3) is 0 Å². The molecule has 4 nitrogen and oxygen atoms in total. The van der Waals surface area contributed by atoms with Gasteiger partial charge < -0.3 is 10.2 Å². The van der Waals surface area contributed by atoms with Gasteiger partial charge in [-0.25, -0.2) is 0 Å². The zero-order valence-electron chi connectivity index (χ0n) is 16.5. The summed E-state index contributed by atoms with van der Waals surface area (Å²) in [6.45, 7) is 1.53. The lowest BCUT2D eigenvalue weighted by Crippen LogP contribution is -2.35. The molecule has 0 radical (unpaired) electrons. The van der Waals surface area contributed by atoms with Crippen molar-refractivity contribution >= 4 is 34.6 Å². The molecule has 1 heterocycles. The minimum atomic E-state index is -4.47. The Morgan fingerprint density at radius 1 is 0.933 bits per heavy atom. The van der Waals surface area contributed by atoms with Crippen molar-refractivity contribution in [3.8, 4) is 0 Å². The molecular formula is C22H24F3N3OS. The van der Waals surface area contributed by atoms with Gasteiger partial charge in [-0.2, -0.15) is 13.2 Å². The number of thiocarbonyl (C=S) groups is 1. The molecule has 0 atom stereocenters. The Morgan fingerprint density at radius 3 is 2.20 bits per heavy atom. The average Bonchev–Trinajstić information content (AvgIpc) is 2.68. The summed E-state index contributed by atoms with van der Waals surface area (Å²) in [7, 11) is 0. The van der Waals surface area contributed by atoms with Crippen LogP contribution in [0, 0.1) is 0 Å². The van der Waals surface area contributed by atoms with E-state index in [1.807, 2.05) is 0 Å². The van der Waals surface area contributed by atoms with Crippen LogP contribution in [0.4, 0.5) is 24.5 Å². The van der Waals surface area contributed by atoms with Crippen molar-refractivity contribution in [2.75, 3.05) is 23.3 Å². The van der Waals surface area contributed by atoms with Gasteiger partial charge in [0.2, 0.25) is 0 Å². The van der Waals surface area contributed by atoms with Crippen LogP contribution in [0.15, 0.2) is 48.5 Å². The van der Waals surface area contributed by atoms with Gasteiger partial charge in [-0.3, -0.25) is 10.1 Å². The molecule has 1 aliphatic heterocycles. The second-order valence-corrected chi connectivity index (χ2v) is 7.67. The van der Waals surface area contributed by atoms with E-state index in [1.165, 1.54) is 12.5 Å². The molecule has 1 aliphatic rings. The number of carbonyl (C=O) groups is 1. The van der Waals surface area contributed by atoms with E-state index in [0.29, 0.717) is 11.3 Å². The van der Waals surface area contributed by atoms with Crippen LogP contribution in [0.3, 0.4) is 0 Å². The zero-order chi connectivity index (χ0) is 21.6. The molecule has 2 N–H and O–H groups in total. The number of benzene rings is 2. The van der Waals surface area contributed by atoms with Crippen LogP contribution in [0.1, 0.15) is 48.0 Å². The Bertz CT molecular complexity index is 879. The molecule has 0 aromatic heterocycles. The van der Waals surface area contributed by atoms with Gasteiger partial charge in [-0.15, -0.1) is 0 Å². The number of alkyl halides is 3. The number of halogens is 3. The minimum absolute atomic E-state index is 0.0449. The van der Waals surface area contributed by atoms with E-state index in [1.54, 1.807) is 30.3 Å². The van der Waals surface area contributed by atoms with Crippen molar-refractivity contribution in [1.29, 1.82) is 0 Å². The highest BCUT2D eigenvalue weighted by atomic mass is 32.1.